The number of aliphatic hydroxyl groups is 1. The Labute approximate surface area is 204 Å². The molecule has 0 bridgehead atoms. The summed E-state index contributed by atoms with van der Waals surface area (Å²) in [4.78, 5) is 25.8. The van der Waals surface area contributed by atoms with Crippen molar-refractivity contribution in [1.82, 2.24) is 4.90 Å². The molecule has 0 aliphatic carbocycles. The third-order valence-corrected chi connectivity index (χ3v) is 6.40. The fraction of sp³-hybridized carbons (Fsp3) is 0.357. The number of hydrogen-bond donors (Lipinski definition) is 2. The number of carboxylic acid groups (broad SMARTS) is 1. The Bertz CT molecular complexity index is 1120. The van der Waals surface area contributed by atoms with Crippen molar-refractivity contribution in [2.45, 2.75) is 50.7 Å². The van der Waals surface area contributed by atoms with Gasteiger partial charge < -0.3 is 24.3 Å². The average molecular weight is 478 g/mol. The first-order valence-corrected chi connectivity index (χ1v) is 12.1. The average Bonchev–Trinajstić information content (AvgIpc) is 3.41. The van der Waals surface area contributed by atoms with Gasteiger partial charge >= 0.3 is 5.97 Å². The van der Waals surface area contributed by atoms with Crippen LogP contribution < -0.4 is 4.74 Å². The van der Waals surface area contributed by atoms with Crippen LogP contribution in [0.2, 0.25) is 0 Å². The van der Waals surface area contributed by atoms with Crippen LogP contribution in [0, 0.1) is 0 Å². The number of aliphatic carboxylic acids is 1. The number of furan rings is 1. The zero-order chi connectivity index (χ0) is 24.7. The summed E-state index contributed by atoms with van der Waals surface area (Å²) < 4.78 is 11.4. The van der Waals surface area contributed by atoms with Crippen molar-refractivity contribution in [3.8, 4) is 17.1 Å². The Hall–Kier alpha value is -3.58. The van der Waals surface area contributed by atoms with Gasteiger partial charge in [-0.1, -0.05) is 30.3 Å². The third kappa shape index (κ3) is 5.74. The van der Waals surface area contributed by atoms with Gasteiger partial charge in [0.2, 0.25) is 0 Å². The number of carbonyl (C=O) groups excluding carboxylic acids is 1. The van der Waals surface area contributed by atoms with Crippen molar-refractivity contribution in [3.63, 3.8) is 0 Å². The lowest BCUT2D eigenvalue weighted by Gasteiger charge is -2.44. The van der Waals surface area contributed by atoms with Crippen LogP contribution in [0.4, 0.5) is 0 Å². The van der Waals surface area contributed by atoms with Crippen LogP contribution in [0.15, 0.2) is 71.3 Å². The van der Waals surface area contributed by atoms with E-state index < -0.39 is 11.7 Å². The molecule has 2 heterocycles. The predicted molar refractivity (Wildman–Crippen MR) is 131 cm³/mol. The molecular weight excluding hydrogens is 446 g/mol. The first-order chi connectivity index (χ1) is 17.0. The molecule has 0 spiro atoms. The Balaban J connectivity index is 1.50. The highest BCUT2D eigenvalue weighted by atomic mass is 16.5. The van der Waals surface area contributed by atoms with E-state index in [1.807, 2.05) is 42.5 Å². The lowest BCUT2D eigenvalue weighted by molar-refractivity contribution is -0.137. The summed E-state index contributed by atoms with van der Waals surface area (Å²) in [5.74, 6) is 0.242. The van der Waals surface area contributed by atoms with Gasteiger partial charge in [-0.3, -0.25) is 9.59 Å². The molecule has 2 aromatic carbocycles. The fourth-order valence-electron chi connectivity index (χ4n) is 4.55. The first-order valence-electron chi connectivity index (χ1n) is 12.1. The fourth-order valence-corrected chi connectivity index (χ4v) is 4.55. The Morgan fingerprint density at radius 2 is 1.77 bits per heavy atom. The van der Waals surface area contributed by atoms with E-state index in [0.29, 0.717) is 49.3 Å². The molecule has 7 nitrogen and oxygen atoms in total. The normalized spacial score (nSPS) is 17.8. The maximum atomic E-state index is 13.5. The van der Waals surface area contributed by atoms with Gasteiger partial charge in [0.05, 0.1) is 12.9 Å². The minimum absolute atomic E-state index is 0.149. The van der Waals surface area contributed by atoms with Gasteiger partial charge in [0, 0.05) is 29.7 Å². The van der Waals surface area contributed by atoms with Gasteiger partial charge in [-0.25, -0.2) is 0 Å². The zero-order valence-corrected chi connectivity index (χ0v) is 19.7. The van der Waals surface area contributed by atoms with Crippen LogP contribution in [0.5, 0.6) is 5.75 Å². The zero-order valence-electron chi connectivity index (χ0n) is 19.7. The number of piperidine rings is 1. The van der Waals surface area contributed by atoms with Gasteiger partial charge in [-0.15, -0.1) is 0 Å². The van der Waals surface area contributed by atoms with Crippen LogP contribution in [0.25, 0.3) is 11.3 Å². The van der Waals surface area contributed by atoms with Gasteiger partial charge in [0.15, 0.2) is 5.72 Å². The van der Waals surface area contributed by atoms with Gasteiger partial charge in [-0.2, -0.15) is 0 Å². The van der Waals surface area contributed by atoms with E-state index in [9.17, 15) is 14.7 Å². The monoisotopic (exact) mass is 477 g/mol. The molecule has 0 radical (unpaired) electrons. The number of amides is 1. The molecule has 0 saturated carbocycles. The highest BCUT2D eigenvalue weighted by molar-refractivity contribution is 5.95. The largest absolute Gasteiger partial charge is 0.493 e. The second-order valence-electron chi connectivity index (χ2n) is 8.83. The summed E-state index contributed by atoms with van der Waals surface area (Å²) in [6.45, 7) is 0.855. The van der Waals surface area contributed by atoms with Crippen molar-refractivity contribution in [2.75, 3.05) is 13.2 Å². The summed E-state index contributed by atoms with van der Waals surface area (Å²) in [6, 6.07) is 18.2. The van der Waals surface area contributed by atoms with Crippen LogP contribution in [0.3, 0.4) is 0 Å². The van der Waals surface area contributed by atoms with Crippen LogP contribution in [-0.4, -0.2) is 40.1 Å². The summed E-state index contributed by atoms with van der Waals surface area (Å²) >= 11 is 0. The molecule has 1 unspecified atom stereocenters. The van der Waals surface area contributed by atoms with Crippen LogP contribution in [0.1, 0.15) is 60.9 Å². The second kappa shape index (κ2) is 11.2. The molecule has 1 aliphatic rings. The molecule has 4 rings (SSSR count). The molecule has 1 atom stereocenters. The standard InChI is InChI=1S/C28H31NO6/c30-26(31)12-2-1-7-19-35-25-10-4-3-9-23(25)28(33)17-5-6-18-29(28)27(32)22-15-13-21(14-16-22)24-11-8-20-34-24/h3-4,8-11,13-16,20,33H,1-2,5-7,12,17-19H2,(H,30,31). The molecule has 1 amide bonds. The molecule has 1 fully saturated rings. The molecule has 35 heavy (non-hydrogen) atoms. The molecular formula is C28H31NO6. The molecule has 2 N–H and O–H groups in total. The van der Waals surface area contributed by atoms with E-state index in [2.05, 4.69) is 0 Å². The maximum Gasteiger partial charge on any atom is 0.303 e. The van der Waals surface area contributed by atoms with Gasteiger partial charge in [0.25, 0.3) is 5.91 Å². The number of hydrogen-bond acceptors (Lipinski definition) is 5. The molecule has 7 heteroatoms. The summed E-state index contributed by atoms with van der Waals surface area (Å²) in [6.07, 6.45) is 5.84. The van der Waals surface area contributed by atoms with Crippen molar-refractivity contribution in [1.29, 1.82) is 0 Å². The lowest BCUT2D eigenvalue weighted by atomic mass is 9.89. The maximum absolute atomic E-state index is 13.5. The predicted octanol–water partition coefficient (Wildman–Crippen LogP) is 5.44. The summed E-state index contributed by atoms with van der Waals surface area (Å²) in [5.41, 5.74) is 0.473. The van der Waals surface area contributed by atoms with Crippen molar-refractivity contribution < 1.29 is 29.0 Å². The smallest absolute Gasteiger partial charge is 0.303 e. The molecule has 1 saturated heterocycles. The minimum Gasteiger partial charge on any atom is -0.493 e. The van der Waals surface area contributed by atoms with Crippen molar-refractivity contribution in [2.24, 2.45) is 0 Å². The quantitative estimate of drug-likeness (QED) is 0.377. The number of rotatable bonds is 10. The molecule has 184 valence electrons. The highest BCUT2D eigenvalue weighted by Crippen LogP contribution is 2.40. The van der Waals surface area contributed by atoms with E-state index >= 15 is 0 Å². The number of benzene rings is 2. The first kappa shape index (κ1) is 24.5. The van der Waals surface area contributed by atoms with E-state index in [-0.39, 0.29) is 12.3 Å². The number of likely N-dealkylation sites (tertiary alicyclic amines) is 1. The summed E-state index contributed by atoms with van der Waals surface area (Å²) in [7, 11) is 0. The minimum atomic E-state index is -1.48. The summed E-state index contributed by atoms with van der Waals surface area (Å²) in [5, 5.41) is 20.6. The number of carbonyl (C=O) groups is 2. The Morgan fingerprint density at radius 3 is 2.51 bits per heavy atom. The van der Waals surface area contributed by atoms with Crippen LogP contribution in [-0.2, 0) is 10.5 Å². The number of ether oxygens (including phenoxy) is 1. The number of unbranched alkanes of at least 4 members (excludes halogenated alkanes) is 2. The SMILES string of the molecule is O=C(O)CCCCCOc1ccccc1C1(O)CCCCN1C(=O)c1ccc(-c2ccco2)cc1. The molecule has 3 aromatic rings. The third-order valence-electron chi connectivity index (χ3n) is 6.40. The Kier molecular flexibility index (Phi) is 7.87. The van der Waals surface area contributed by atoms with E-state index in [0.717, 1.165) is 30.6 Å². The van der Waals surface area contributed by atoms with Crippen molar-refractivity contribution in [3.05, 3.63) is 78.1 Å². The lowest BCUT2D eigenvalue weighted by Crippen LogP contribution is -2.52. The Morgan fingerprint density at radius 1 is 0.971 bits per heavy atom. The number of para-hydroxylation sites is 1. The van der Waals surface area contributed by atoms with Crippen LogP contribution >= 0.6 is 0 Å². The second-order valence-corrected chi connectivity index (χ2v) is 8.83. The van der Waals surface area contributed by atoms with Crippen molar-refractivity contribution >= 4 is 11.9 Å². The van der Waals surface area contributed by atoms with E-state index in [4.69, 9.17) is 14.3 Å². The topological polar surface area (TPSA) is 100 Å². The highest BCUT2D eigenvalue weighted by Gasteiger charge is 2.43. The van der Waals surface area contributed by atoms with Gasteiger partial charge in [0.1, 0.15) is 11.5 Å². The van der Waals surface area contributed by atoms with E-state index in [1.54, 1.807) is 29.4 Å². The van der Waals surface area contributed by atoms with E-state index in [1.165, 1.54) is 0 Å². The molecule has 1 aromatic heterocycles. The number of carboxylic acids is 1. The van der Waals surface area contributed by atoms with Gasteiger partial charge in [-0.05, 0) is 68.9 Å². The number of nitrogens with zero attached hydrogens (tertiary/aromatic N) is 1. The molecule has 1 aliphatic heterocycles.